The van der Waals surface area contributed by atoms with Crippen molar-refractivity contribution in [2.75, 3.05) is 18.0 Å². The fourth-order valence-electron chi connectivity index (χ4n) is 2.39. The average Bonchev–Trinajstić information content (AvgIpc) is 2.85. The third-order valence-corrected chi connectivity index (χ3v) is 4.71. The van der Waals surface area contributed by atoms with Gasteiger partial charge in [-0.15, -0.1) is 11.3 Å². The van der Waals surface area contributed by atoms with Crippen LogP contribution < -0.4 is 10.2 Å². The van der Waals surface area contributed by atoms with E-state index in [9.17, 15) is 0 Å². The topological polar surface area (TPSA) is 28.2 Å². The van der Waals surface area contributed by atoms with Gasteiger partial charge in [0, 0.05) is 24.0 Å². The Morgan fingerprint density at radius 2 is 2.28 bits per heavy atom. The van der Waals surface area contributed by atoms with Crippen molar-refractivity contribution in [1.29, 1.82) is 0 Å². The highest BCUT2D eigenvalue weighted by Gasteiger charge is 2.23. The Labute approximate surface area is 115 Å². The van der Waals surface area contributed by atoms with E-state index in [1.165, 1.54) is 35.1 Å². The average molecular weight is 267 g/mol. The molecule has 1 aromatic rings. The molecule has 1 fully saturated rings. The van der Waals surface area contributed by atoms with Crippen molar-refractivity contribution in [3.05, 3.63) is 10.6 Å². The molecule has 0 bridgehead atoms. The second-order valence-corrected chi connectivity index (χ2v) is 6.78. The molecule has 3 nitrogen and oxygen atoms in total. The van der Waals surface area contributed by atoms with Gasteiger partial charge in [0.2, 0.25) is 0 Å². The minimum atomic E-state index is 0.659. The molecule has 0 radical (unpaired) electrons. The van der Waals surface area contributed by atoms with Gasteiger partial charge in [-0.05, 0) is 39.2 Å². The lowest BCUT2D eigenvalue weighted by molar-refractivity contribution is 0.554. The maximum absolute atomic E-state index is 4.75. The van der Waals surface area contributed by atoms with Crippen LogP contribution >= 0.6 is 11.3 Å². The number of anilines is 1. The summed E-state index contributed by atoms with van der Waals surface area (Å²) in [5.41, 5.74) is 1.20. The summed E-state index contributed by atoms with van der Waals surface area (Å²) in [5.74, 6) is 0.705. The molecule has 1 aromatic heterocycles. The van der Waals surface area contributed by atoms with E-state index in [-0.39, 0.29) is 0 Å². The molecule has 1 N–H and O–H groups in total. The summed E-state index contributed by atoms with van der Waals surface area (Å²) in [7, 11) is 0. The fraction of sp³-hybridized carbons (Fsp3) is 0.786. The van der Waals surface area contributed by atoms with Crippen LogP contribution in [0.1, 0.15) is 44.2 Å². The van der Waals surface area contributed by atoms with Crippen molar-refractivity contribution in [1.82, 2.24) is 10.3 Å². The molecule has 102 valence electrons. The van der Waals surface area contributed by atoms with E-state index in [0.29, 0.717) is 12.0 Å². The van der Waals surface area contributed by atoms with Gasteiger partial charge in [0.25, 0.3) is 0 Å². The van der Waals surface area contributed by atoms with Crippen LogP contribution in [0.15, 0.2) is 0 Å². The second-order valence-electron chi connectivity index (χ2n) is 5.71. The van der Waals surface area contributed by atoms with Crippen molar-refractivity contribution in [3.8, 4) is 0 Å². The number of aryl methyl sites for hydroxylation is 1. The van der Waals surface area contributed by atoms with Gasteiger partial charge in [-0.3, -0.25) is 0 Å². The molecule has 0 amide bonds. The Morgan fingerprint density at radius 3 is 2.89 bits per heavy atom. The fourth-order valence-corrected chi connectivity index (χ4v) is 3.55. The smallest absolute Gasteiger partial charge is 0.186 e. The van der Waals surface area contributed by atoms with Crippen molar-refractivity contribution in [3.63, 3.8) is 0 Å². The molecular formula is C14H25N3S. The molecule has 1 aliphatic rings. The molecule has 1 aliphatic heterocycles. The molecule has 1 unspecified atom stereocenters. The van der Waals surface area contributed by atoms with E-state index in [2.05, 4.69) is 37.9 Å². The summed E-state index contributed by atoms with van der Waals surface area (Å²) in [6, 6.07) is 0.659. The highest BCUT2D eigenvalue weighted by atomic mass is 32.1. The number of rotatable bonds is 5. The van der Waals surface area contributed by atoms with Gasteiger partial charge in [0.05, 0.1) is 5.69 Å². The van der Waals surface area contributed by atoms with Gasteiger partial charge >= 0.3 is 0 Å². The van der Waals surface area contributed by atoms with E-state index in [4.69, 9.17) is 4.98 Å². The van der Waals surface area contributed by atoms with Crippen molar-refractivity contribution in [2.45, 2.75) is 53.1 Å². The predicted molar refractivity (Wildman–Crippen MR) is 79.4 cm³/mol. The molecule has 0 saturated carbocycles. The van der Waals surface area contributed by atoms with Gasteiger partial charge in [0.1, 0.15) is 0 Å². The first-order chi connectivity index (χ1) is 8.58. The Hall–Kier alpha value is -0.610. The third-order valence-electron chi connectivity index (χ3n) is 3.52. The standard InChI is InChI=1S/C14H25N3S/c1-10(2)8-15-9-13-12(4)16-14(18-13)17-7-5-6-11(17)3/h10-11,15H,5-9H2,1-4H3. The normalized spacial score (nSPS) is 20.1. The van der Waals surface area contributed by atoms with Gasteiger partial charge in [-0.25, -0.2) is 4.98 Å². The molecule has 0 aromatic carbocycles. The van der Waals surface area contributed by atoms with Gasteiger partial charge in [0.15, 0.2) is 5.13 Å². The molecule has 4 heteroatoms. The molecule has 0 aliphatic carbocycles. The Morgan fingerprint density at radius 1 is 1.50 bits per heavy atom. The zero-order valence-corrected chi connectivity index (χ0v) is 12.8. The number of thiazole rings is 1. The van der Waals surface area contributed by atoms with E-state index in [1.807, 2.05) is 11.3 Å². The predicted octanol–water partition coefficient (Wildman–Crippen LogP) is 3.19. The highest BCUT2D eigenvalue weighted by molar-refractivity contribution is 7.15. The van der Waals surface area contributed by atoms with E-state index < -0.39 is 0 Å². The van der Waals surface area contributed by atoms with Crippen LogP contribution in [-0.4, -0.2) is 24.1 Å². The van der Waals surface area contributed by atoms with Crippen LogP contribution in [0, 0.1) is 12.8 Å². The molecule has 1 atom stereocenters. The minimum Gasteiger partial charge on any atom is -0.345 e. The summed E-state index contributed by atoms with van der Waals surface area (Å²) in [5, 5.41) is 4.73. The molecule has 18 heavy (non-hydrogen) atoms. The molecule has 1 saturated heterocycles. The summed E-state index contributed by atoms with van der Waals surface area (Å²) in [6.07, 6.45) is 2.61. The summed E-state index contributed by atoms with van der Waals surface area (Å²) >= 11 is 1.86. The maximum atomic E-state index is 4.75. The Kier molecular flexibility index (Phi) is 4.62. The number of nitrogens with zero attached hydrogens (tertiary/aromatic N) is 2. The molecule has 2 heterocycles. The largest absolute Gasteiger partial charge is 0.345 e. The summed E-state index contributed by atoms with van der Waals surface area (Å²) in [6.45, 7) is 12.1. The first-order valence-electron chi connectivity index (χ1n) is 7.01. The third kappa shape index (κ3) is 3.23. The SMILES string of the molecule is Cc1nc(N2CCCC2C)sc1CNCC(C)C. The first kappa shape index (κ1) is 13.8. The molecular weight excluding hydrogens is 242 g/mol. The van der Waals surface area contributed by atoms with Crippen molar-refractivity contribution >= 4 is 16.5 Å². The zero-order valence-electron chi connectivity index (χ0n) is 12.0. The molecule has 0 spiro atoms. The second kappa shape index (κ2) is 6.02. The van der Waals surface area contributed by atoms with Crippen molar-refractivity contribution < 1.29 is 0 Å². The maximum Gasteiger partial charge on any atom is 0.186 e. The zero-order chi connectivity index (χ0) is 13.1. The van der Waals surface area contributed by atoms with Crippen LogP contribution in [0.2, 0.25) is 0 Å². The number of aromatic nitrogens is 1. The van der Waals surface area contributed by atoms with Crippen LogP contribution in [-0.2, 0) is 6.54 Å². The van der Waals surface area contributed by atoms with Gasteiger partial charge in [-0.2, -0.15) is 0 Å². The lowest BCUT2D eigenvalue weighted by atomic mass is 10.2. The summed E-state index contributed by atoms with van der Waals surface area (Å²) < 4.78 is 0. The summed E-state index contributed by atoms with van der Waals surface area (Å²) in [4.78, 5) is 8.60. The van der Waals surface area contributed by atoms with Crippen LogP contribution in [0.5, 0.6) is 0 Å². The van der Waals surface area contributed by atoms with E-state index in [1.54, 1.807) is 0 Å². The van der Waals surface area contributed by atoms with Crippen LogP contribution in [0.3, 0.4) is 0 Å². The Balaban J connectivity index is 1.98. The lowest BCUT2D eigenvalue weighted by Gasteiger charge is -2.19. The lowest BCUT2D eigenvalue weighted by Crippen LogP contribution is -2.25. The van der Waals surface area contributed by atoms with Gasteiger partial charge < -0.3 is 10.2 Å². The monoisotopic (exact) mass is 267 g/mol. The van der Waals surface area contributed by atoms with E-state index in [0.717, 1.165) is 13.1 Å². The number of hydrogen-bond acceptors (Lipinski definition) is 4. The van der Waals surface area contributed by atoms with Crippen molar-refractivity contribution in [2.24, 2.45) is 5.92 Å². The van der Waals surface area contributed by atoms with E-state index >= 15 is 0 Å². The van der Waals surface area contributed by atoms with Crippen LogP contribution in [0.25, 0.3) is 0 Å². The molecule has 2 rings (SSSR count). The minimum absolute atomic E-state index is 0.659. The van der Waals surface area contributed by atoms with Crippen LogP contribution in [0.4, 0.5) is 5.13 Å². The first-order valence-corrected chi connectivity index (χ1v) is 7.83. The highest BCUT2D eigenvalue weighted by Crippen LogP contribution is 2.31. The van der Waals surface area contributed by atoms with Gasteiger partial charge in [-0.1, -0.05) is 13.8 Å². The number of hydrogen-bond donors (Lipinski definition) is 1. The quantitative estimate of drug-likeness (QED) is 0.888. The Bertz CT molecular complexity index is 386. The number of nitrogens with one attached hydrogen (secondary N) is 1.